The van der Waals surface area contributed by atoms with Gasteiger partial charge in [-0.25, -0.2) is 4.98 Å². The van der Waals surface area contributed by atoms with E-state index in [1.807, 2.05) is 18.4 Å². The summed E-state index contributed by atoms with van der Waals surface area (Å²) in [6.45, 7) is 6.19. The van der Waals surface area contributed by atoms with Gasteiger partial charge in [0.1, 0.15) is 9.88 Å². The number of thiophene rings is 1. The van der Waals surface area contributed by atoms with Crippen LogP contribution in [0.15, 0.2) is 17.5 Å². The van der Waals surface area contributed by atoms with Crippen LogP contribution < -0.4 is 5.32 Å². The number of thiazole rings is 1. The molecule has 27 heavy (non-hydrogen) atoms. The molecule has 0 spiro atoms. The Morgan fingerprint density at radius 3 is 2.78 bits per heavy atom. The van der Waals surface area contributed by atoms with Crippen molar-refractivity contribution in [3.8, 4) is 9.88 Å². The summed E-state index contributed by atoms with van der Waals surface area (Å²) in [6.07, 6.45) is 6.12. The number of carbonyl (C=O) groups is 1. The Bertz CT molecular complexity index is 760. The number of rotatable bonds is 5. The molecule has 7 heteroatoms. The van der Waals surface area contributed by atoms with E-state index in [0.717, 1.165) is 66.1 Å². The molecule has 1 saturated carbocycles. The SMILES string of the molecule is Cc1nc(-c2cccs2)sc1C(=O)NCC1(N2CCOCC2)CCCCC1. The van der Waals surface area contributed by atoms with Crippen LogP contribution in [0.25, 0.3) is 9.88 Å². The van der Waals surface area contributed by atoms with E-state index in [-0.39, 0.29) is 11.4 Å². The maximum atomic E-state index is 12.9. The largest absolute Gasteiger partial charge is 0.379 e. The lowest BCUT2D eigenvalue weighted by molar-refractivity contribution is -0.0361. The first-order valence-corrected chi connectivity index (χ1v) is 11.5. The van der Waals surface area contributed by atoms with Crippen LogP contribution in [0.4, 0.5) is 0 Å². The molecule has 0 radical (unpaired) electrons. The second-order valence-corrected chi connectivity index (χ2v) is 9.42. The summed E-state index contributed by atoms with van der Waals surface area (Å²) in [7, 11) is 0. The van der Waals surface area contributed by atoms with Gasteiger partial charge in [0.2, 0.25) is 0 Å². The molecule has 1 amide bonds. The smallest absolute Gasteiger partial charge is 0.263 e. The number of morpholine rings is 1. The minimum absolute atomic E-state index is 0.0195. The molecule has 5 nitrogen and oxygen atoms in total. The van der Waals surface area contributed by atoms with Crippen molar-refractivity contribution in [1.82, 2.24) is 15.2 Å². The van der Waals surface area contributed by atoms with E-state index in [1.54, 1.807) is 11.3 Å². The second kappa shape index (κ2) is 8.39. The van der Waals surface area contributed by atoms with E-state index >= 15 is 0 Å². The van der Waals surface area contributed by atoms with Gasteiger partial charge in [0.05, 0.1) is 23.8 Å². The molecule has 4 rings (SSSR count). The average Bonchev–Trinajstić information content (AvgIpc) is 3.37. The summed E-state index contributed by atoms with van der Waals surface area (Å²) >= 11 is 3.16. The van der Waals surface area contributed by atoms with E-state index in [2.05, 4.69) is 21.3 Å². The zero-order valence-electron chi connectivity index (χ0n) is 15.8. The number of nitrogens with zero attached hydrogens (tertiary/aromatic N) is 2. The molecule has 0 aromatic carbocycles. The summed E-state index contributed by atoms with van der Waals surface area (Å²) in [6, 6.07) is 4.08. The van der Waals surface area contributed by atoms with E-state index in [1.165, 1.54) is 30.6 Å². The van der Waals surface area contributed by atoms with Gasteiger partial charge in [0, 0.05) is 25.2 Å². The van der Waals surface area contributed by atoms with E-state index in [9.17, 15) is 4.79 Å². The van der Waals surface area contributed by atoms with Crippen LogP contribution in [0.5, 0.6) is 0 Å². The molecular formula is C20H27N3O2S2. The van der Waals surface area contributed by atoms with Crippen LogP contribution in [0.1, 0.15) is 47.5 Å². The van der Waals surface area contributed by atoms with Gasteiger partial charge in [-0.2, -0.15) is 0 Å². The van der Waals surface area contributed by atoms with Crippen LogP contribution in [0, 0.1) is 6.92 Å². The summed E-state index contributed by atoms with van der Waals surface area (Å²) in [5.74, 6) is 0.0195. The zero-order chi connectivity index (χ0) is 18.7. The Morgan fingerprint density at radius 1 is 1.30 bits per heavy atom. The van der Waals surface area contributed by atoms with E-state index in [0.29, 0.717) is 0 Å². The van der Waals surface area contributed by atoms with Crippen LogP contribution in [0.2, 0.25) is 0 Å². The lowest BCUT2D eigenvalue weighted by atomic mass is 9.79. The predicted octanol–water partition coefficient (Wildman–Crippen LogP) is 3.94. The number of hydrogen-bond donors (Lipinski definition) is 1. The Labute approximate surface area is 168 Å². The van der Waals surface area contributed by atoms with Crippen molar-refractivity contribution in [2.45, 2.75) is 44.6 Å². The van der Waals surface area contributed by atoms with Gasteiger partial charge in [-0.15, -0.1) is 22.7 Å². The maximum Gasteiger partial charge on any atom is 0.263 e. The topological polar surface area (TPSA) is 54.5 Å². The predicted molar refractivity (Wildman–Crippen MR) is 111 cm³/mol. The molecule has 2 fully saturated rings. The minimum atomic E-state index is 0.0195. The Balaban J connectivity index is 1.47. The second-order valence-electron chi connectivity index (χ2n) is 7.48. The Hall–Kier alpha value is -1.28. The van der Waals surface area contributed by atoms with E-state index < -0.39 is 0 Å². The molecule has 1 aliphatic heterocycles. The third-order valence-electron chi connectivity index (χ3n) is 5.78. The van der Waals surface area contributed by atoms with Crippen LogP contribution in [-0.2, 0) is 4.74 Å². The number of amides is 1. The minimum Gasteiger partial charge on any atom is -0.379 e. The standard InChI is InChI=1S/C20H27N3O2S2/c1-15-17(27-19(22-15)16-6-5-13-26-16)18(24)21-14-20(7-3-2-4-8-20)23-9-11-25-12-10-23/h5-6,13H,2-4,7-12,14H2,1H3,(H,21,24). The number of hydrogen-bond acceptors (Lipinski definition) is 6. The van der Waals surface area contributed by atoms with Crippen molar-refractivity contribution < 1.29 is 9.53 Å². The number of aromatic nitrogens is 1. The summed E-state index contributed by atoms with van der Waals surface area (Å²) in [4.78, 5) is 22.0. The summed E-state index contributed by atoms with van der Waals surface area (Å²) < 4.78 is 5.55. The average molecular weight is 406 g/mol. The first-order chi connectivity index (χ1) is 13.2. The molecule has 1 N–H and O–H groups in total. The van der Waals surface area contributed by atoms with Crippen molar-refractivity contribution in [3.63, 3.8) is 0 Å². The van der Waals surface area contributed by atoms with Gasteiger partial charge < -0.3 is 10.1 Å². The van der Waals surface area contributed by atoms with E-state index in [4.69, 9.17) is 4.74 Å². The zero-order valence-corrected chi connectivity index (χ0v) is 17.5. The summed E-state index contributed by atoms with van der Waals surface area (Å²) in [5, 5.41) is 6.24. The molecule has 1 saturated heterocycles. The van der Waals surface area contributed by atoms with Crippen molar-refractivity contribution >= 4 is 28.6 Å². The van der Waals surface area contributed by atoms with Crippen molar-refractivity contribution in [2.75, 3.05) is 32.8 Å². The van der Waals surface area contributed by atoms with Gasteiger partial charge >= 0.3 is 0 Å². The van der Waals surface area contributed by atoms with Crippen LogP contribution in [0.3, 0.4) is 0 Å². The van der Waals surface area contributed by atoms with Crippen molar-refractivity contribution in [3.05, 3.63) is 28.1 Å². The molecule has 146 valence electrons. The molecule has 0 atom stereocenters. The highest BCUT2D eigenvalue weighted by Gasteiger charge is 2.39. The van der Waals surface area contributed by atoms with Gasteiger partial charge in [0.25, 0.3) is 5.91 Å². The number of carbonyl (C=O) groups excluding carboxylic acids is 1. The molecule has 1 aliphatic carbocycles. The fourth-order valence-electron chi connectivity index (χ4n) is 4.29. The third kappa shape index (κ3) is 4.11. The fraction of sp³-hybridized carbons (Fsp3) is 0.600. The molecule has 3 heterocycles. The third-order valence-corrected chi connectivity index (χ3v) is 7.97. The molecule has 2 aliphatic rings. The summed E-state index contributed by atoms with van der Waals surface area (Å²) in [5.41, 5.74) is 0.914. The van der Waals surface area contributed by atoms with Crippen molar-refractivity contribution in [1.29, 1.82) is 0 Å². The molecule has 0 bridgehead atoms. The quantitative estimate of drug-likeness (QED) is 0.818. The van der Waals surface area contributed by atoms with Gasteiger partial charge in [-0.1, -0.05) is 25.3 Å². The highest BCUT2D eigenvalue weighted by atomic mass is 32.1. The lowest BCUT2D eigenvalue weighted by Crippen LogP contribution is -2.59. The van der Waals surface area contributed by atoms with Crippen LogP contribution in [-0.4, -0.2) is 54.2 Å². The number of aryl methyl sites for hydroxylation is 1. The molecule has 2 aromatic heterocycles. The maximum absolute atomic E-state index is 12.9. The first-order valence-electron chi connectivity index (χ1n) is 9.80. The highest BCUT2D eigenvalue weighted by Crippen LogP contribution is 2.35. The number of ether oxygens (including phenoxy) is 1. The molecular weight excluding hydrogens is 378 g/mol. The van der Waals surface area contributed by atoms with Gasteiger partial charge in [0.15, 0.2) is 0 Å². The fourth-order valence-corrected chi connectivity index (χ4v) is 6.07. The number of nitrogens with one attached hydrogen (secondary N) is 1. The van der Waals surface area contributed by atoms with Gasteiger partial charge in [-0.3, -0.25) is 9.69 Å². The van der Waals surface area contributed by atoms with Crippen LogP contribution >= 0.6 is 22.7 Å². The molecule has 2 aromatic rings. The monoisotopic (exact) mass is 405 g/mol. The normalized spacial score (nSPS) is 20.5. The first kappa shape index (κ1) is 19.1. The Morgan fingerprint density at radius 2 is 2.07 bits per heavy atom. The van der Waals surface area contributed by atoms with Gasteiger partial charge in [-0.05, 0) is 31.2 Å². The highest BCUT2D eigenvalue weighted by molar-refractivity contribution is 7.22. The lowest BCUT2D eigenvalue weighted by Gasteiger charge is -2.48. The Kier molecular flexibility index (Phi) is 5.92. The van der Waals surface area contributed by atoms with Crippen molar-refractivity contribution in [2.24, 2.45) is 0 Å². The molecule has 0 unspecified atom stereocenters.